The van der Waals surface area contributed by atoms with Crippen molar-refractivity contribution in [1.29, 1.82) is 0 Å². The number of amides is 2. The Bertz CT molecular complexity index is 770. The van der Waals surface area contributed by atoms with E-state index in [1.807, 2.05) is 13.8 Å². The Balaban J connectivity index is 1.92. The van der Waals surface area contributed by atoms with Gasteiger partial charge in [-0.15, -0.1) is 0 Å². The standard InChI is InChI=1S/C18H24N4O4/c1-11(2)18-21-17(26-22-18)7-5-6-16(24)20-15-10-13(25-4)8-9-14(15)19-12(3)23/h8-11H,5-7H2,1-4H3,(H,19,23)(H,20,24). The van der Waals surface area contributed by atoms with Crippen molar-refractivity contribution in [2.75, 3.05) is 17.7 Å². The molecule has 0 aliphatic carbocycles. The SMILES string of the molecule is COc1ccc(NC(C)=O)c(NC(=O)CCCc2nc(C(C)C)no2)c1. The van der Waals surface area contributed by atoms with E-state index in [2.05, 4.69) is 20.8 Å². The van der Waals surface area contributed by atoms with E-state index >= 15 is 0 Å². The molecule has 8 heteroatoms. The zero-order chi connectivity index (χ0) is 19.1. The Morgan fingerprint density at radius 3 is 2.62 bits per heavy atom. The van der Waals surface area contributed by atoms with Crippen molar-refractivity contribution < 1.29 is 18.8 Å². The summed E-state index contributed by atoms with van der Waals surface area (Å²) in [5.74, 6) is 1.59. The van der Waals surface area contributed by atoms with Crippen LogP contribution in [0.5, 0.6) is 5.75 Å². The van der Waals surface area contributed by atoms with Crippen molar-refractivity contribution in [2.45, 2.75) is 46.0 Å². The first-order valence-corrected chi connectivity index (χ1v) is 8.47. The molecule has 0 bridgehead atoms. The summed E-state index contributed by atoms with van der Waals surface area (Å²) in [6, 6.07) is 5.06. The van der Waals surface area contributed by atoms with E-state index in [1.54, 1.807) is 18.2 Å². The number of benzene rings is 1. The normalized spacial score (nSPS) is 10.7. The number of aryl methyl sites for hydroxylation is 1. The van der Waals surface area contributed by atoms with Gasteiger partial charge >= 0.3 is 0 Å². The molecule has 0 aliphatic heterocycles. The van der Waals surface area contributed by atoms with E-state index in [0.717, 1.165) is 0 Å². The maximum Gasteiger partial charge on any atom is 0.226 e. The van der Waals surface area contributed by atoms with Gasteiger partial charge in [0.1, 0.15) is 5.75 Å². The van der Waals surface area contributed by atoms with Crippen LogP contribution in [-0.4, -0.2) is 29.1 Å². The monoisotopic (exact) mass is 360 g/mol. The van der Waals surface area contributed by atoms with Crippen LogP contribution in [0.3, 0.4) is 0 Å². The van der Waals surface area contributed by atoms with Crippen molar-refractivity contribution >= 4 is 23.2 Å². The number of rotatable bonds is 8. The third-order valence-corrected chi connectivity index (χ3v) is 3.61. The number of nitrogens with one attached hydrogen (secondary N) is 2. The van der Waals surface area contributed by atoms with Gasteiger partial charge in [-0.25, -0.2) is 0 Å². The summed E-state index contributed by atoms with van der Waals surface area (Å²) in [6.07, 6.45) is 1.39. The minimum atomic E-state index is -0.219. The second-order valence-electron chi connectivity index (χ2n) is 6.20. The van der Waals surface area contributed by atoms with Gasteiger partial charge in [0.25, 0.3) is 0 Å². The molecule has 0 unspecified atom stereocenters. The van der Waals surface area contributed by atoms with Gasteiger partial charge in [-0.3, -0.25) is 9.59 Å². The van der Waals surface area contributed by atoms with E-state index in [-0.39, 0.29) is 24.2 Å². The number of nitrogens with zero attached hydrogens (tertiary/aromatic N) is 2. The number of hydrogen-bond donors (Lipinski definition) is 2. The smallest absolute Gasteiger partial charge is 0.226 e. The fourth-order valence-electron chi connectivity index (χ4n) is 2.27. The van der Waals surface area contributed by atoms with Crippen LogP contribution in [0.4, 0.5) is 11.4 Å². The van der Waals surface area contributed by atoms with Crippen molar-refractivity contribution in [2.24, 2.45) is 0 Å². The van der Waals surface area contributed by atoms with Gasteiger partial charge in [0.2, 0.25) is 17.7 Å². The fourth-order valence-corrected chi connectivity index (χ4v) is 2.27. The third-order valence-electron chi connectivity index (χ3n) is 3.61. The molecule has 2 N–H and O–H groups in total. The number of hydrogen-bond acceptors (Lipinski definition) is 6. The van der Waals surface area contributed by atoms with Crippen LogP contribution in [0.2, 0.25) is 0 Å². The Labute approximate surface area is 152 Å². The lowest BCUT2D eigenvalue weighted by atomic mass is 10.2. The average Bonchev–Trinajstić information content (AvgIpc) is 3.05. The predicted octanol–water partition coefficient (Wildman–Crippen LogP) is 3.12. The minimum Gasteiger partial charge on any atom is -0.497 e. The molecule has 1 aromatic heterocycles. The van der Waals surface area contributed by atoms with Crippen LogP contribution in [0.25, 0.3) is 0 Å². The van der Waals surface area contributed by atoms with Gasteiger partial charge in [0.15, 0.2) is 5.82 Å². The number of carbonyl (C=O) groups excluding carboxylic acids is 2. The molecule has 2 rings (SSSR count). The summed E-state index contributed by atoms with van der Waals surface area (Å²) in [5, 5.41) is 9.38. The zero-order valence-electron chi connectivity index (χ0n) is 15.5. The molecule has 0 saturated heterocycles. The fraction of sp³-hybridized carbons (Fsp3) is 0.444. The second kappa shape index (κ2) is 8.98. The van der Waals surface area contributed by atoms with Crippen LogP contribution in [-0.2, 0) is 16.0 Å². The predicted molar refractivity (Wildman–Crippen MR) is 97.3 cm³/mol. The quantitative estimate of drug-likeness (QED) is 0.749. The Kier molecular flexibility index (Phi) is 6.71. The summed E-state index contributed by atoms with van der Waals surface area (Å²) in [7, 11) is 1.54. The molecule has 26 heavy (non-hydrogen) atoms. The minimum absolute atomic E-state index is 0.173. The Morgan fingerprint density at radius 1 is 1.23 bits per heavy atom. The van der Waals surface area contributed by atoms with E-state index in [0.29, 0.717) is 41.7 Å². The summed E-state index contributed by atoms with van der Waals surface area (Å²) >= 11 is 0. The summed E-state index contributed by atoms with van der Waals surface area (Å²) < 4.78 is 10.3. The van der Waals surface area contributed by atoms with Crippen molar-refractivity contribution in [3.63, 3.8) is 0 Å². The second-order valence-corrected chi connectivity index (χ2v) is 6.20. The molecular formula is C18H24N4O4. The highest BCUT2D eigenvalue weighted by atomic mass is 16.5. The van der Waals surface area contributed by atoms with Crippen molar-refractivity contribution in [1.82, 2.24) is 10.1 Å². The highest BCUT2D eigenvalue weighted by Gasteiger charge is 2.12. The molecule has 0 spiro atoms. The number of carbonyl (C=O) groups is 2. The molecule has 0 saturated carbocycles. The summed E-state index contributed by atoms with van der Waals surface area (Å²) in [6.45, 7) is 5.39. The van der Waals surface area contributed by atoms with Gasteiger partial charge in [0, 0.05) is 31.7 Å². The lowest BCUT2D eigenvalue weighted by Crippen LogP contribution is -2.15. The molecule has 0 fully saturated rings. The first-order valence-electron chi connectivity index (χ1n) is 8.47. The van der Waals surface area contributed by atoms with Crippen LogP contribution >= 0.6 is 0 Å². The van der Waals surface area contributed by atoms with E-state index in [4.69, 9.17) is 9.26 Å². The molecule has 140 valence electrons. The van der Waals surface area contributed by atoms with E-state index < -0.39 is 0 Å². The van der Waals surface area contributed by atoms with Gasteiger partial charge in [-0.1, -0.05) is 19.0 Å². The van der Waals surface area contributed by atoms with Crippen LogP contribution in [0.15, 0.2) is 22.7 Å². The maximum atomic E-state index is 12.2. The summed E-state index contributed by atoms with van der Waals surface area (Å²) in [5.41, 5.74) is 1.01. The van der Waals surface area contributed by atoms with Gasteiger partial charge in [-0.2, -0.15) is 4.98 Å². The largest absolute Gasteiger partial charge is 0.497 e. The first kappa shape index (κ1) is 19.4. The van der Waals surface area contributed by atoms with Gasteiger partial charge in [0.05, 0.1) is 18.5 Å². The molecule has 1 aromatic carbocycles. The van der Waals surface area contributed by atoms with Crippen molar-refractivity contribution in [3.05, 3.63) is 29.9 Å². The Morgan fingerprint density at radius 2 is 2.00 bits per heavy atom. The summed E-state index contributed by atoms with van der Waals surface area (Å²) in [4.78, 5) is 27.8. The molecule has 2 aromatic rings. The van der Waals surface area contributed by atoms with Crippen LogP contribution < -0.4 is 15.4 Å². The molecular weight excluding hydrogens is 336 g/mol. The molecule has 0 atom stereocenters. The number of anilines is 2. The number of aromatic nitrogens is 2. The number of ether oxygens (including phenoxy) is 1. The third kappa shape index (κ3) is 5.58. The average molecular weight is 360 g/mol. The van der Waals surface area contributed by atoms with E-state index in [9.17, 15) is 9.59 Å². The molecule has 8 nitrogen and oxygen atoms in total. The molecule has 0 radical (unpaired) electrons. The topological polar surface area (TPSA) is 106 Å². The first-order chi connectivity index (χ1) is 12.4. The lowest BCUT2D eigenvalue weighted by molar-refractivity contribution is -0.116. The number of methoxy groups -OCH3 is 1. The highest BCUT2D eigenvalue weighted by molar-refractivity contribution is 5.99. The van der Waals surface area contributed by atoms with Gasteiger partial charge in [-0.05, 0) is 18.6 Å². The van der Waals surface area contributed by atoms with E-state index in [1.165, 1.54) is 14.0 Å². The molecule has 0 aliphatic rings. The highest BCUT2D eigenvalue weighted by Crippen LogP contribution is 2.27. The zero-order valence-corrected chi connectivity index (χ0v) is 15.5. The van der Waals surface area contributed by atoms with Crippen molar-refractivity contribution in [3.8, 4) is 5.75 Å². The molecule has 1 heterocycles. The van der Waals surface area contributed by atoms with Gasteiger partial charge < -0.3 is 19.9 Å². The van der Waals surface area contributed by atoms with Crippen LogP contribution in [0, 0.1) is 0 Å². The Hall–Kier alpha value is -2.90. The maximum absolute atomic E-state index is 12.2. The molecule has 2 amide bonds. The van der Waals surface area contributed by atoms with Crippen LogP contribution in [0.1, 0.15) is 51.2 Å². The lowest BCUT2D eigenvalue weighted by Gasteiger charge is -2.13.